The van der Waals surface area contributed by atoms with Gasteiger partial charge in [-0.3, -0.25) is 4.79 Å². The molecule has 2 aromatic rings. The highest BCUT2D eigenvalue weighted by atomic mass is 16.5. The molecule has 0 saturated carbocycles. The molecule has 3 atom stereocenters. The molecule has 7 heteroatoms. The number of aryl methyl sites for hydroxylation is 2. The number of amides is 1. The van der Waals surface area contributed by atoms with Crippen molar-refractivity contribution in [2.45, 2.75) is 44.8 Å². The summed E-state index contributed by atoms with van der Waals surface area (Å²) >= 11 is 0. The van der Waals surface area contributed by atoms with E-state index in [1.54, 1.807) is 13.0 Å². The average Bonchev–Trinajstić information content (AvgIpc) is 3.21. The SMILES string of the molecule is Cc1cccc(C(=O)N2C[C@@H](c3nc(C)no3)C[C@H]3OCC[C@H]32)n1. The molecule has 24 heavy (non-hydrogen) atoms. The van der Waals surface area contributed by atoms with Crippen molar-refractivity contribution < 1.29 is 14.1 Å². The topological polar surface area (TPSA) is 81.4 Å². The number of nitrogens with zero attached hydrogens (tertiary/aromatic N) is 4. The number of pyridine rings is 1. The molecule has 0 radical (unpaired) electrons. The molecule has 2 fully saturated rings. The fourth-order valence-corrected chi connectivity index (χ4v) is 3.65. The molecule has 0 unspecified atom stereocenters. The van der Waals surface area contributed by atoms with Crippen LogP contribution < -0.4 is 0 Å². The maximum atomic E-state index is 13.0. The lowest BCUT2D eigenvalue weighted by atomic mass is 9.89. The van der Waals surface area contributed by atoms with Crippen LogP contribution in [0.3, 0.4) is 0 Å². The molecule has 4 heterocycles. The van der Waals surface area contributed by atoms with E-state index in [1.165, 1.54) is 0 Å². The van der Waals surface area contributed by atoms with E-state index in [1.807, 2.05) is 24.0 Å². The van der Waals surface area contributed by atoms with Crippen molar-refractivity contribution in [3.05, 3.63) is 41.3 Å². The summed E-state index contributed by atoms with van der Waals surface area (Å²) in [4.78, 5) is 23.6. The largest absolute Gasteiger partial charge is 0.376 e. The number of carbonyl (C=O) groups is 1. The van der Waals surface area contributed by atoms with Gasteiger partial charge in [-0.2, -0.15) is 4.98 Å². The van der Waals surface area contributed by atoms with Gasteiger partial charge in [0, 0.05) is 18.8 Å². The fourth-order valence-electron chi connectivity index (χ4n) is 3.65. The van der Waals surface area contributed by atoms with Gasteiger partial charge in [0.15, 0.2) is 5.82 Å². The Morgan fingerprint density at radius 2 is 2.17 bits per heavy atom. The molecule has 1 amide bonds. The van der Waals surface area contributed by atoms with E-state index in [-0.39, 0.29) is 24.0 Å². The fraction of sp³-hybridized carbons (Fsp3) is 0.529. The smallest absolute Gasteiger partial charge is 0.272 e. The minimum atomic E-state index is -0.0554. The van der Waals surface area contributed by atoms with Gasteiger partial charge in [0.1, 0.15) is 5.69 Å². The summed E-state index contributed by atoms with van der Waals surface area (Å²) in [5, 5.41) is 3.87. The Morgan fingerprint density at radius 3 is 2.92 bits per heavy atom. The quantitative estimate of drug-likeness (QED) is 0.837. The van der Waals surface area contributed by atoms with E-state index < -0.39 is 0 Å². The van der Waals surface area contributed by atoms with Gasteiger partial charge in [0.05, 0.1) is 18.1 Å². The van der Waals surface area contributed by atoms with Crippen LogP contribution in [-0.4, -0.2) is 51.2 Å². The molecule has 2 saturated heterocycles. The molecule has 4 rings (SSSR count). The molecule has 2 aromatic heterocycles. The first-order valence-corrected chi connectivity index (χ1v) is 8.28. The van der Waals surface area contributed by atoms with E-state index in [2.05, 4.69) is 15.1 Å². The van der Waals surface area contributed by atoms with Gasteiger partial charge in [0.25, 0.3) is 5.91 Å². The van der Waals surface area contributed by atoms with Crippen LogP contribution in [0.25, 0.3) is 0 Å². The van der Waals surface area contributed by atoms with Crippen molar-refractivity contribution in [3.63, 3.8) is 0 Å². The lowest BCUT2D eigenvalue weighted by Gasteiger charge is -2.39. The minimum absolute atomic E-state index is 0.000640. The number of carbonyl (C=O) groups excluding carboxylic acids is 1. The van der Waals surface area contributed by atoms with E-state index in [4.69, 9.17) is 9.26 Å². The third-order valence-corrected chi connectivity index (χ3v) is 4.77. The Labute approximate surface area is 140 Å². The number of aromatic nitrogens is 3. The first kappa shape index (κ1) is 15.3. The highest BCUT2D eigenvalue weighted by Gasteiger charge is 2.44. The first-order chi connectivity index (χ1) is 11.6. The second kappa shape index (κ2) is 5.98. The molecular formula is C17H20N4O3. The maximum Gasteiger partial charge on any atom is 0.272 e. The van der Waals surface area contributed by atoms with Crippen molar-refractivity contribution in [2.24, 2.45) is 0 Å². The van der Waals surface area contributed by atoms with E-state index in [9.17, 15) is 4.79 Å². The molecule has 126 valence electrons. The van der Waals surface area contributed by atoms with Crippen LogP contribution in [-0.2, 0) is 4.74 Å². The highest BCUT2D eigenvalue weighted by molar-refractivity contribution is 5.92. The first-order valence-electron chi connectivity index (χ1n) is 8.28. The van der Waals surface area contributed by atoms with Gasteiger partial charge >= 0.3 is 0 Å². The van der Waals surface area contributed by atoms with Gasteiger partial charge in [-0.05, 0) is 38.8 Å². The Hall–Kier alpha value is -2.28. The second-order valence-electron chi connectivity index (χ2n) is 6.50. The van der Waals surface area contributed by atoms with Crippen molar-refractivity contribution in [2.75, 3.05) is 13.2 Å². The van der Waals surface area contributed by atoms with Crippen LogP contribution in [0.1, 0.15) is 46.7 Å². The zero-order valence-electron chi connectivity index (χ0n) is 13.8. The normalized spacial score (nSPS) is 26.4. The molecule has 0 bridgehead atoms. The van der Waals surface area contributed by atoms with Gasteiger partial charge in [-0.15, -0.1) is 0 Å². The summed E-state index contributed by atoms with van der Waals surface area (Å²) in [5.41, 5.74) is 1.31. The van der Waals surface area contributed by atoms with Crippen LogP contribution in [0.2, 0.25) is 0 Å². The summed E-state index contributed by atoms with van der Waals surface area (Å²) in [6.07, 6.45) is 1.68. The Morgan fingerprint density at radius 1 is 1.29 bits per heavy atom. The number of fused-ring (bicyclic) bond motifs is 1. The molecular weight excluding hydrogens is 308 g/mol. The molecule has 0 aromatic carbocycles. The molecule has 7 nitrogen and oxygen atoms in total. The lowest BCUT2D eigenvalue weighted by molar-refractivity contribution is 0.0121. The average molecular weight is 328 g/mol. The Bertz CT molecular complexity index is 760. The summed E-state index contributed by atoms with van der Waals surface area (Å²) < 4.78 is 11.2. The lowest BCUT2D eigenvalue weighted by Crippen LogP contribution is -2.51. The van der Waals surface area contributed by atoms with Gasteiger partial charge in [-0.25, -0.2) is 4.98 Å². The number of piperidine rings is 1. The van der Waals surface area contributed by atoms with Crippen molar-refractivity contribution in [3.8, 4) is 0 Å². The van der Waals surface area contributed by atoms with Crippen LogP contribution >= 0.6 is 0 Å². The van der Waals surface area contributed by atoms with E-state index in [0.29, 0.717) is 30.6 Å². The molecule has 0 N–H and O–H groups in total. The number of ether oxygens (including phenoxy) is 1. The molecule has 2 aliphatic rings. The maximum absolute atomic E-state index is 13.0. The summed E-state index contributed by atoms with van der Waals surface area (Å²) in [7, 11) is 0. The third-order valence-electron chi connectivity index (χ3n) is 4.77. The van der Waals surface area contributed by atoms with Crippen LogP contribution in [0.5, 0.6) is 0 Å². The predicted octanol–water partition coefficient (Wildman–Crippen LogP) is 1.87. The van der Waals surface area contributed by atoms with Crippen LogP contribution in [0.15, 0.2) is 22.7 Å². The summed E-state index contributed by atoms with van der Waals surface area (Å²) in [6.45, 7) is 4.92. The minimum Gasteiger partial charge on any atom is -0.376 e. The van der Waals surface area contributed by atoms with Crippen molar-refractivity contribution in [1.82, 2.24) is 20.0 Å². The third kappa shape index (κ3) is 2.69. The molecule has 0 aliphatic carbocycles. The standard InChI is InChI=1S/C17H20N4O3/c1-10-4-3-5-13(18-10)17(22)21-9-12(16-19-11(2)20-24-16)8-15-14(21)6-7-23-15/h3-5,12,14-15H,6-9H2,1-2H3/t12-,14+,15+/m0/s1. The number of likely N-dealkylation sites (tertiary alicyclic amines) is 1. The summed E-state index contributed by atoms with van der Waals surface area (Å²) in [5.74, 6) is 1.13. The zero-order valence-corrected chi connectivity index (χ0v) is 13.8. The number of hydrogen-bond donors (Lipinski definition) is 0. The van der Waals surface area contributed by atoms with E-state index >= 15 is 0 Å². The Kier molecular flexibility index (Phi) is 3.80. The predicted molar refractivity (Wildman–Crippen MR) is 84.5 cm³/mol. The second-order valence-corrected chi connectivity index (χ2v) is 6.50. The van der Waals surface area contributed by atoms with Gasteiger partial charge in [-0.1, -0.05) is 11.2 Å². The Balaban J connectivity index is 1.63. The van der Waals surface area contributed by atoms with Crippen LogP contribution in [0.4, 0.5) is 0 Å². The molecule has 0 spiro atoms. The number of rotatable bonds is 2. The van der Waals surface area contributed by atoms with E-state index in [0.717, 1.165) is 18.5 Å². The van der Waals surface area contributed by atoms with Gasteiger partial charge in [0.2, 0.25) is 5.89 Å². The van der Waals surface area contributed by atoms with Crippen molar-refractivity contribution >= 4 is 5.91 Å². The molecule has 2 aliphatic heterocycles. The number of hydrogen-bond acceptors (Lipinski definition) is 6. The monoisotopic (exact) mass is 328 g/mol. The van der Waals surface area contributed by atoms with Crippen LogP contribution in [0, 0.1) is 13.8 Å². The highest BCUT2D eigenvalue weighted by Crippen LogP contribution is 2.36. The summed E-state index contributed by atoms with van der Waals surface area (Å²) in [6, 6.07) is 5.61. The van der Waals surface area contributed by atoms with Gasteiger partial charge < -0.3 is 14.2 Å². The van der Waals surface area contributed by atoms with Crippen molar-refractivity contribution in [1.29, 1.82) is 0 Å². The zero-order chi connectivity index (χ0) is 16.7.